The molecule has 3 N–H and O–H groups in total. The Labute approximate surface area is 172 Å². The van der Waals surface area contributed by atoms with Crippen LogP contribution in [0.3, 0.4) is 0 Å². The van der Waals surface area contributed by atoms with Gasteiger partial charge in [-0.3, -0.25) is 14.5 Å². The minimum Gasteiger partial charge on any atom is -0.370 e. The third-order valence-corrected chi connectivity index (χ3v) is 6.21. The van der Waals surface area contributed by atoms with E-state index < -0.39 is 5.91 Å². The summed E-state index contributed by atoms with van der Waals surface area (Å²) in [6.07, 6.45) is 5.82. The second-order valence-corrected chi connectivity index (χ2v) is 8.35. The summed E-state index contributed by atoms with van der Waals surface area (Å²) in [5, 5.41) is 3.04. The van der Waals surface area contributed by atoms with Crippen molar-refractivity contribution in [3.63, 3.8) is 0 Å². The summed E-state index contributed by atoms with van der Waals surface area (Å²) in [7, 11) is 0. The van der Waals surface area contributed by atoms with Crippen molar-refractivity contribution >= 4 is 17.5 Å². The van der Waals surface area contributed by atoms with Gasteiger partial charge in [0, 0.05) is 50.7 Å². The van der Waals surface area contributed by atoms with Crippen molar-refractivity contribution in [2.24, 2.45) is 11.7 Å². The van der Waals surface area contributed by atoms with Gasteiger partial charge in [0.1, 0.15) is 5.82 Å². The Morgan fingerprint density at radius 3 is 2.45 bits per heavy atom. The number of nitrogens with one attached hydrogen (secondary N) is 1. The van der Waals surface area contributed by atoms with Crippen LogP contribution in [-0.4, -0.2) is 55.5 Å². The number of carbonyl (C=O) groups is 2. The topological polar surface area (TPSA) is 78.7 Å². The second kappa shape index (κ2) is 10.6. The molecule has 1 aliphatic heterocycles. The highest BCUT2D eigenvalue weighted by Crippen LogP contribution is 2.27. The summed E-state index contributed by atoms with van der Waals surface area (Å²) in [5.41, 5.74) is 6.06. The molecule has 1 heterocycles. The maximum absolute atomic E-state index is 13.4. The summed E-state index contributed by atoms with van der Waals surface area (Å²) < 4.78 is 13.4. The number of piperazine rings is 1. The lowest BCUT2D eigenvalue weighted by molar-refractivity contribution is -0.125. The lowest BCUT2D eigenvalue weighted by atomic mass is 9.84. The minimum absolute atomic E-state index is 0.0663. The molecular weight excluding hydrogens is 371 g/mol. The van der Waals surface area contributed by atoms with Crippen LogP contribution < -0.4 is 16.0 Å². The molecule has 0 spiro atoms. The molecule has 1 saturated carbocycles. The molecule has 1 aromatic rings. The monoisotopic (exact) mass is 404 g/mol. The van der Waals surface area contributed by atoms with Gasteiger partial charge in [-0.1, -0.05) is 6.07 Å². The van der Waals surface area contributed by atoms with E-state index in [1.807, 2.05) is 6.07 Å². The Morgan fingerprint density at radius 1 is 1.07 bits per heavy atom. The molecule has 1 aliphatic carbocycles. The van der Waals surface area contributed by atoms with Crippen molar-refractivity contribution < 1.29 is 14.0 Å². The predicted octanol–water partition coefficient (Wildman–Crippen LogP) is 2.28. The summed E-state index contributed by atoms with van der Waals surface area (Å²) in [6.45, 7) is 5.02. The summed E-state index contributed by atoms with van der Waals surface area (Å²) >= 11 is 0. The van der Waals surface area contributed by atoms with Gasteiger partial charge < -0.3 is 16.0 Å². The molecule has 0 aromatic heterocycles. The smallest absolute Gasteiger partial charge is 0.220 e. The molecular formula is C22H33FN4O2. The van der Waals surface area contributed by atoms with Crippen molar-refractivity contribution in [1.29, 1.82) is 0 Å². The molecule has 1 aromatic carbocycles. The van der Waals surface area contributed by atoms with Gasteiger partial charge >= 0.3 is 0 Å². The van der Waals surface area contributed by atoms with Crippen molar-refractivity contribution in [3.8, 4) is 0 Å². The van der Waals surface area contributed by atoms with E-state index in [0.29, 0.717) is 0 Å². The van der Waals surface area contributed by atoms with Gasteiger partial charge in [0.05, 0.1) is 0 Å². The molecule has 7 heteroatoms. The Hall–Kier alpha value is -2.15. The average Bonchev–Trinajstić information content (AvgIpc) is 2.72. The average molecular weight is 405 g/mol. The van der Waals surface area contributed by atoms with Crippen LogP contribution in [0.2, 0.25) is 0 Å². The largest absolute Gasteiger partial charge is 0.370 e. The first-order valence-electron chi connectivity index (χ1n) is 10.8. The van der Waals surface area contributed by atoms with Gasteiger partial charge in [-0.25, -0.2) is 4.39 Å². The summed E-state index contributed by atoms with van der Waals surface area (Å²) in [6, 6.07) is 7.08. The fourth-order valence-corrected chi connectivity index (χ4v) is 4.40. The van der Waals surface area contributed by atoms with Crippen LogP contribution in [0.1, 0.15) is 44.9 Å². The zero-order valence-corrected chi connectivity index (χ0v) is 17.1. The first-order valence-corrected chi connectivity index (χ1v) is 10.8. The van der Waals surface area contributed by atoms with Crippen LogP contribution in [0, 0.1) is 11.7 Å². The number of primary amides is 1. The highest BCUT2D eigenvalue weighted by atomic mass is 19.1. The van der Waals surface area contributed by atoms with Gasteiger partial charge in [0.15, 0.2) is 0 Å². The molecule has 29 heavy (non-hydrogen) atoms. The number of anilines is 1. The van der Waals surface area contributed by atoms with E-state index >= 15 is 0 Å². The fourth-order valence-electron chi connectivity index (χ4n) is 4.40. The third-order valence-electron chi connectivity index (χ3n) is 6.21. The van der Waals surface area contributed by atoms with Crippen LogP contribution in [0.4, 0.5) is 10.1 Å². The molecule has 0 bridgehead atoms. The number of nitrogens with two attached hydrogens (primary N) is 1. The fraction of sp³-hybridized carbons (Fsp3) is 0.636. The number of nitrogens with zero attached hydrogens (tertiary/aromatic N) is 2. The lowest BCUT2D eigenvalue weighted by Gasteiger charge is -2.37. The second-order valence-electron chi connectivity index (χ2n) is 8.35. The number of halogens is 1. The van der Waals surface area contributed by atoms with Crippen LogP contribution in [0.5, 0.6) is 0 Å². The van der Waals surface area contributed by atoms with Crippen LogP contribution in [0.25, 0.3) is 0 Å². The lowest BCUT2D eigenvalue weighted by Crippen LogP contribution is -2.47. The normalized spacial score (nSPS) is 23.0. The van der Waals surface area contributed by atoms with Crippen molar-refractivity contribution in [2.45, 2.75) is 51.0 Å². The molecule has 0 radical (unpaired) electrons. The molecule has 160 valence electrons. The first-order chi connectivity index (χ1) is 14.0. The van der Waals surface area contributed by atoms with Gasteiger partial charge in [-0.2, -0.15) is 0 Å². The molecule has 2 aliphatic rings. The maximum Gasteiger partial charge on any atom is 0.220 e. The van der Waals surface area contributed by atoms with Crippen molar-refractivity contribution in [3.05, 3.63) is 30.1 Å². The zero-order valence-electron chi connectivity index (χ0n) is 17.1. The van der Waals surface area contributed by atoms with E-state index in [0.717, 1.165) is 70.0 Å². The molecule has 3 rings (SSSR count). The Bertz CT molecular complexity index is 683. The first kappa shape index (κ1) is 21.6. The van der Waals surface area contributed by atoms with Crippen LogP contribution in [-0.2, 0) is 9.59 Å². The molecule has 0 atom stereocenters. The van der Waals surface area contributed by atoms with E-state index in [9.17, 15) is 14.0 Å². The molecule has 0 unspecified atom stereocenters. The van der Waals surface area contributed by atoms with Crippen LogP contribution in [0.15, 0.2) is 24.3 Å². The van der Waals surface area contributed by atoms with Gasteiger partial charge in [0.2, 0.25) is 11.8 Å². The number of carbonyl (C=O) groups excluding carboxylic acids is 2. The van der Waals surface area contributed by atoms with Gasteiger partial charge in [0.25, 0.3) is 0 Å². The highest BCUT2D eigenvalue weighted by molar-refractivity contribution is 5.82. The zero-order chi connectivity index (χ0) is 20.6. The minimum atomic E-state index is -0.430. The highest BCUT2D eigenvalue weighted by Gasteiger charge is 2.24. The molecule has 2 fully saturated rings. The standard InChI is InChI=1S/C22H33FN4O2/c23-18-2-1-3-20(16-18)27-14-12-26(13-15-27)11-10-17-4-6-19(7-5-17)25-22(29)9-8-21(24)28/h1-3,16-17,19H,4-15H2,(H2,24,28)(H,25,29)/t17-,19+. The Balaban J connectivity index is 1.30. The van der Waals surface area contributed by atoms with Crippen molar-refractivity contribution in [1.82, 2.24) is 10.2 Å². The number of amides is 2. The number of hydrogen-bond donors (Lipinski definition) is 2. The van der Waals surface area contributed by atoms with Crippen LogP contribution >= 0.6 is 0 Å². The van der Waals surface area contributed by atoms with E-state index in [1.54, 1.807) is 12.1 Å². The maximum atomic E-state index is 13.4. The van der Waals surface area contributed by atoms with E-state index in [4.69, 9.17) is 5.73 Å². The summed E-state index contributed by atoms with van der Waals surface area (Å²) in [4.78, 5) is 27.4. The molecule has 2 amide bonds. The summed E-state index contributed by atoms with van der Waals surface area (Å²) in [5.74, 6) is 0.0450. The SMILES string of the molecule is NC(=O)CCC(=O)N[C@H]1CC[C@@H](CCN2CCN(c3cccc(F)c3)CC2)CC1. The Morgan fingerprint density at radius 2 is 1.79 bits per heavy atom. The van der Waals surface area contributed by atoms with E-state index in [-0.39, 0.29) is 30.6 Å². The van der Waals surface area contributed by atoms with E-state index in [2.05, 4.69) is 15.1 Å². The van der Waals surface area contributed by atoms with E-state index in [1.165, 1.54) is 12.5 Å². The predicted molar refractivity (Wildman–Crippen MR) is 112 cm³/mol. The van der Waals surface area contributed by atoms with Gasteiger partial charge in [-0.15, -0.1) is 0 Å². The molecule has 1 saturated heterocycles. The quantitative estimate of drug-likeness (QED) is 0.697. The Kier molecular flexibility index (Phi) is 7.86. The number of hydrogen-bond acceptors (Lipinski definition) is 4. The van der Waals surface area contributed by atoms with Gasteiger partial charge in [-0.05, 0) is 62.8 Å². The number of benzene rings is 1. The van der Waals surface area contributed by atoms with Crippen molar-refractivity contribution in [2.75, 3.05) is 37.6 Å². The third kappa shape index (κ3) is 6.99. The molecule has 6 nitrogen and oxygen atoms in total. The number of rotatable bonds is 8.